The highest BCUT2D eigenvalue weighted by Crippen LogP contribution is 2.52. The van der Waals surface area contributed by atoms with Crippen LogP contribution >= 0.6 is 11.6 Å². The van der Waals surface area contributed by atoms with Crippen LogP contribution in [0.1, 0.15) is 49.3 Å². The van der Waals surface area contributed by atoms with Gasteiger partial charge in [0.1, 0.15) is 17.5 Å². The van der Waals surface area contributed by atoms with Gasteiger partial charge in [-0.3, -0.25) is 4.79 Å². The molecule has 1 aliphatic carbocycles. The molecule has 2 aromatic rings. The number of methoxy groups -OCH3 is 1. The number of nitrogens with two attached hydrogens (primary N) is 1. The van der Waals surface area contributed by atoms with Crippen molar-refractivity contribution in [2.45, 2.75) is 32.6 Å². The van der Waals surface area contributed by atoms with E-state index in [-0.39, 0.29) is 28.5 Å². The number of carbonyl (C=O) groups is 1. The van der Waals surface area contributed by atoms with Gasteiger partial charge < -0.3 is 15.8 Å². The van der Waals surface area contributed by atoms with E-state index in [0.717, 1.165) is 11.3 Å². The highest BCUT2D eigenvalue weighted by molar-refractivity contribution is 6.31. The van der Waals surface area contributed by atoms with Gasteiger partial charge in [-0.1, -0.05) is 43.6 Å². The number of ketones is 1. The van der Waals surface area contributed by atoms with Crippen molar-refractivity contribution in [3.8, 4) is 11.9 Å². The number of nitriles is 1. The van der Waals surface area contributed by atoms with Gasteiger partial charge in [0, 0.05) is 34.2 Å². The van der Waals surface area contributed by atoms with Gasteiger partial charge in [-0.2, -0.15) is 10.2 Å². The molecule has 0 spiro atoms. The molecular formula is C22H21ClN4O2. The highest BCUT2D eigenvalue weighted by Gasteiger charge is 2.43. The summed E-state index contributed by atoms with van der Waals surface area (Å²) in [5.41, 5.74) is 9.72. The minimum absolute atomic E-state index is 0.0491. The first-order valence-electron chi connectivity index (χ1n) is 9.32. The summed E-state index contributed by atoms with van der Waals surface area (Å²) in [6.45, 7) is 4.12. The molecule has 0 unspecified atom stereocenters. The van der Waals surface area contributed by atoms with Crippen LogP contribution in [-0.2, 0) is 4.79 Å². The standard InChI is InChI=1S/C22H21ClN4O2/c1-22(2)8-14-17(15(28)9-22)16(11-6-4-5-7-13(11)23)18-19(26-14)12(10-24)21(29-3)27-20(18)25/h4-7,16,26H,8-9H2,1-3H3,(H2,25,27)/t16-/m0/s1. The summed E-state index contributed by atoms with van der Waals surface area (Å²) in [5, 5.41) is 13.7. The van der Waals surface area contributed by atoms with Gasteiger partial charge in [0.15, 0.2) is 5.78 Å². The van der Waals surface area contributed by atoms with Crippen LogP contribution in [-0.4, -0.2) is 17.9 Å². The molecule has 6 nitrogen and oxygen atoms in total. The Bertz CT molecular complexity index is 1110. The normalized spacial score (nSPS) is 19.7. The number of hydrogen-bond donors (Lipinski definition) is 2. The Morgan fingerprint density at radius 3 is 2.72 bits per heavy atom. The molecule has 0 amide bonds. The van der Waals surface area contributed by atoms with Crippen LogP contribution in [0.5, 0.6) is 5.88 Å². The van der Waals surface area contributed by atoms with Gasteiger partial charge in [-0.05, 0) is 23.5 Å². The van der Waals surface area contributed by atoms with E-state index in [1.54, 1.807) is 6.07 Å². The molecule has 3 N–H and O–H groups in total. The molecule has 0 bridgehead atoms. The molecule has 0 radical (unpaired) electrons. The average molecular weight is 409 g/mol. The van der Waals surface area contributed by atoms with Gasteiger partial charge in [0.05, 0.1) is 12.8 Å². The summed E-state index contributed by atoms with van der Waals surface area (Å²) in [7, 11) is 1.45. The smallest absolute Gasteiger partial charge is 0.235 e. The second-order valence-corrected chi connectivity index (χ2v) is 8.60. The van der Waals surface area contributed by atoms with E-state index in [4.69, 9.17) is 22.1 Å². The molecule has 2 aliphatic rings. The van der Waals surface area contributed by atoms with Crippen molar-refractivity contribution < 1.29 is 9.53 Å². The number of benzene rings is 1. The number of Topliss-reactive ketones (excluding diaryl/α,β-unsaturated/α-hetero) is 1. The first kappa shape index (κ1) is 19.3. The SMILES string of the molecule is COc1nc(N)c2c(c1C#N)NC1=C(C(=O)CC(C)(C)C1)[C@@H]2c1ccccc1Cl. The van der Waals surface area contributed by atoms with Gasteiger partial charge in [-0.15, -0.1) is 0 Å². The van der Waals surface area contributed by atoms with E-state index in [2.05, 4.69) is 30.2 Å². The number of pyridine rings is 1. The molecule has 148 valence electrons. The Kier molecular flexibility index (Phi) is 4.51. The third kappa shape index (κ3) is 3.02. The maximum absolute atomic E-state index is 13.2. The van der Waals surface area contributed by atoms with Crippen molar-refractivity contribution in [1.82, 2.24) is 4.98 Å². The lowest BCUT2D eigenvalue weighted by atomic mass is 9.68. The number of nitrogens with one attached hydrogen (secondary N) is 1. The minimum Gasteiger partial charge on any atom is -0.480 e. The fourth-order valence-electron chi connectivity index (χ4n) is 4.37. The molecule has 1 aromatic carbocycles. The van der Waals surface area contributed by atoms with Crippen molar-refractivity contribution in [3.63, 3.8) is 0 Å². The number of allylic oxidation sites excluding steroid dienone is 2. The number of nitrogen functional groups attached to an aromatic ring is 1. The van der Waals surface area contributed by atoms with E-state index in [0.29, 0.717) is 34.7 Å². The summed E-state index contributed by atoms with van der Waals surface area (Å²) in [6, 6.07) is 9.55. The second kappa shape index (κ2) is 6.78. The predicted octanol–water partition coefficient (Wildman–Crippen LogP) is 4.40. The summed E-state index contributed by atoms with van der Waals surface area (Å²) in [5.74, 6) is -0.0887. The molecule has 2 heterocycles. The van der Waals surface area contributed by atoms with Crippen LogP contribution in [0.25, 0.3) is 0 Å². The molecule has 0 saturated carbocycles. The fourth-order valence-corrected chi connectivity index (χ4v) is 4.61. The van der Waals surface area contributed by atoms with Crippen LogP contribution in [0.15, 0.2) is 35.5 Å². The maximum atomic E-state index is 13.2. The number of aromatic nitrogens is 1. The zero-order valence-corrected chi connectivity index (χ0v) is 17.2. The molecule has 29 heavy (non-hydrogen) atoms. The largest absolute Gasteiger partial charge is 0.480 e. The van der Waals surface area contributed by atoms with Crippen molar-refractivity contribution in [3.05, 3.63) is 57.2 Å². The van der Waals surface area contributed by atoms with Crippen LogP contribution in [0, 0.1) is 16.7 Å². The number of rotatable bonds is 2. The number of hydrogen-bond acceptors (Lipinski definition) is 6. The Morgan fingerprint density at radius 1 is 1.34 bits per heavy atom. The quantitative estimate of drug-likeness (QED) is 0.763. The third-order valence-corrected chi connectivity index (χ3v) is 5.87. The summed E-state index contributed by atoms with van der Waals surface area (Å²) >= 11 is 6.54. The summed E-state index contributed by atoms with van der Waals surface area (Å²) in [6.07, 6.45) is 1.10. The molecule has 1 aliphatic heterocycles. The Hall–Kier alpha value is -3.04. The first-order valence-corrected chi connectivity index (χ1v) is 9.70. The van der Waals surface area contributed by atoms with Crippen molar-refractivity contribution >= 4 is 28.9 Å². The number of anilines is 2. The number of carbonyl (C=O) groups excluding carboxylic acids is 1. The average Bonchev–Trinajstić information content (AvgIpc) is 2.65. The number of nitrogens with zero attached hydrogens (tertiary/aromatic N) is 2. The molecule has 1 atom stereocenters. The van der Waals surface area contributed by atoms with Gasteiger partial charge in [0.25, 0.3) is 0 Å². The molecule has 0 saturated heterocycles. The zero-order valence-electron chi connectivity index (χ0n) is 16.5. The second-order valence-electron chi connectivity index (χ2n) is 8.19. The summed E-state index contributed by atoms with van der Waals surface area (Å²) < 4.78 is 5.28. The van der Waals surface area contributed by atoms with E-state index in [1.165, 1.54) is 7.11 Å². The van der Waals surface area contributed by atoms with Crippen molar-refractivity contribution in [2.75, 3.05) is 18.2 Å². The van der Waals surface area contributed by atoms with E-state index in [1.807, 2.05) is 18.2 Å². The number of fused-ring (bicyclic) bond motifs is 1. The molecule has 4 rings (SSSR count). The molecule has 0 fully saturated rings. The van der Waals surface area contributed by atoms with Crippen molar-refractivity contribution in [1.29, 1.82) is 5.26 Å². The lowest BCUT2D eigenvalue weighted by Gasteiger charge is -2.40. The van der Waals surface area contributed by atoms with Crippen LogP contribution in [0.4, 0.5) is 11.5 Å². The topological polar surface area (TPSA) is 101 Å². The van der Waals surface area contributed by atoms with Gasteiger partial charge in [0.2, 0.25) is 5.88 Å². The van der Waals surface area contributed by atoms with Crippen molar-refractivity contribution in [2.24, 2.45) is 5.41 Å². The monoisotopic (exact) mass is 408 g/mol. The van der Waals surface area contributed by atoms with Crippen LogP contribution in [0.3, 0.4) is 0 Å². The van der Waals surface area contributed by atoms with Crippen LogP contribution < -0.4 is 15.8 Å². The Morgan fingerprint density at radius 2 is 2.07 bits per heavy atom. The number of halogens is 1. The van der Waals surface area contributed by atoms with Gasteiger partial charge in [-0.25, -0.2) is 0 Å². The summed E-state index contributed by atoms with van der Waals surface area (Å²) in [4.78, 5) is 17.5. The first-order chi connectivity index (χ1) is 13.8. The molecule has 1 aromatic heterocycles. The van der Waals surface area contributed by atoms with E-state index >= 15 is 0 Å². The molecule has 7 heteroatoms. The van der Waals surface area contributed by atoms with E-state index in [9.17, 15) is 10.1 Å². The van der Waals surface area contributed by atoms with Crippen LogP contribution in [0.2, 0.25) is 5.02 Å². The predicted molar refractivity (Wildman–Crippen MR) is 112 cm³/mol. The minimum atomic E-state index is -0.496. The fraction of sp³-hybridized carbons (Fsp3) is 0.318. The lowest BCUT2D eigenvalue weighted by molar-refractivity contribution is -0.118. The highest BCUT2D eigenvalue weighted by atomic mass is 35.5. The molecular weight excluding hydrogens is 388 g/mol. The Balaban J connectivity index is 2.07. The number of ether oxygens (including phenoxy) is 1. The van der Waals surface area contributed by atoms with Gasteiger partial charge >= 0.3 is 0 Å². The lowest BCUT2D eigenvalue weighted by Crippen LogP contribution is -2.34. The third-order valence-electron chi connectivity index (χ3n) is 5.53. The van der Waals surface area contributed by atoms with E-state index < -0.39 is 5.92 Å². The maximum Gasteiger partial charge on any atom is 0.235 e. The Labute approximate surface area is 174 Å². The zero-order chi connectivity index (χ0) is 20.9.